The number of hydrogen-bond acceptors (Lipinski definition) is 5. The number of piperidine rings is 1. The van der Waals surface area contributed by atoms with Crippen LogP contribution in [0, 0.1) is 0 Å². The minimum Gasteiger partial charge on any atom is -0.445 e. The van der Waals surface area contributed by atoms with Gasteiger partial charge in [-0.05, 0) is 43.4 Å². The monoisotopic (exact) mass is 444 g/mol. The van der Waals surface area contributed by atoms with E-state index in [1.54, 1.807) is 0 Å². The van der Waals surface area contributed by atoms with Crippen LogP contribution in [0.3, 0.4) is 0 Å². The van der Waals surface area contributed by atoms with Crippen molar-refractivity contribution in [3.05, 3.63) is 29.8 Å². The van der Waals surface area contributed by atoms with E-state index in [1.165, 1.54) is 17.0 Å². The summed E-state index contributed by atoms with van der Waals surface area (Å²) in [5.74, 6) is -1.92. The number of halogens is 3. The lowest BCUT2D eigenvalue weighted by molar-refractivity contribution is -0.274. The van der Waals surface area contributed by atoms with Crippen LogP contribution in [0.5, 0.6) is 5.75 Å². The molecule has 0 aromatic heterocycles. The van der Waals surface area contributed by atoms with Crippen LogP contribution in [0.25, 0.3) is 0 Å². The van der Waals surface area contributed by atoms with E-state index in [2.05, 4.69) is 4.74 Å². The van der Waals surface area contributed by atoms with Gasteiger partial charge in [-0.2, -0.15) is 0 Å². The first-order valence-electron chi connectivity index (χ1n) is 10.4. The predicted octanol–water partition coefficient (Wildman–Crippen LogP) is 3.45. The highest BCUT2D eigenvalue weighted by molar-refractivity contribution is 5.85. The number of nitrogens with zero attached hydrogens (tertiary/aromatic N) is 1. The van der Waals surface area contributed by atoms with Crippen LogP contribution in [-0.2, 0) is 9.53 Å². The molecule has 172 valence electrons. The number of carbonyl (C=O) groups excluding carboxylic acids is 2. The number of hydrogen-bond donors (Lipinski definition) is 2. The van der Waals surface area contributed by atoms with E-state index >= 15 is 0 Å². The maximum absolute atomic E-state index is 13.6. The van der Waals surface area contributed by atoms with Gasteiger partial charge in [0.2, 0.25) is 5.91 Å². The van der Waals surface area contributed by atoms with Crippen molar-refractivity contribution in [3.8, 4) is 5.75 Å². The highest BCUT2D eigenvalue weighted by atomic mass is 19.4. The van der Waals surface area contributed by atoms with Crippen LogP contribution >= 0.6 is 0 Å². The third kappa shape index (κ3) is 6.03. The molecule has 1 aromatic carbocycles. The summed E-state index contributed by atoms with van der Waals surface area (Å²) in [5, 5.41) is 11.4. The molecule has 0 bridgehead atoms. The van der Waals surface area contributed by atoms with Crippen molar-refractivity contribution < 1.29 is 37.3 Å². The summed E-state index contributed by atoms with van der Waals surface area (Å²) >= 11 is 0. The lowest BCUT2D eigenvalue weighted by Gasteiger charge is -2.42. The Bertz CT molecular complexity index is 795. The van der Waals surface area contributed by atoms with Crippen molar-refractivity contribution in [1.29, 1.82) is 0 Å². The van der Waals surface area contributed by atoms with Crippen LogP contribution in [0.4, 0.5) is 18.0 Å². The van der Waals surface area contributed by atoms with E-state index < -0.39 is 41.7 Å². The van der Waals surface area contributed by atoms with Crippen molar-refractivity contribution in [3.63, 3.8) is 0 Å². The smallest absolute Gasteiger partial charge is 0.445 e. The van der Waals surface area contributed by atoms with Gasteiger partial charge in [0.25, 0.3) is 0 Å². The molecule has 1 aromatic rings. The van der Waals surface area contributed by atoms with Crippen LogP contribution in [0.1, 0.15) is 56.4 Å². The summed E-state index contributed by atoms with van der Waals surface area (Å²) in [4.78, 5) is 26.2. The minimum atomic E-state index is -4.87. The summed E-state index contributed by atoms with van der Waals surface area (Å²) in [5.41, 5.74) is 3.96. The van der Waals surface area contributed by atoms with Gasteiger partial charge >= 0.3 is 12.5 Å². The fourth-order valence-corrected chi connectivity index (χ4v) is 4.61. The quantitative estimate of drug-likeness (QED) is 0.724. The standard InChI is InChI=1S/C21H27F3N2O5/c22-21(23,24)31-15-7-4-6-14(12-15)17(20(29)9-2-1-3-10-20)18(27)26-11-5-8-16(13-26)30-19(25)28/h4,6-7,12,16-17,29H,1-3,5,8-11,13H2,(H2,25,28)/t16-,17?/m1/s1. The summed E-state index contributed by atoms with van der Waals surface area (Å²) in [6.45, 7) is 0.510. The Kier molecular flexibility index (Phi) is 6.98. The number of aliphatic hydroxyl groups is 1. The van der Waals surface area contributed by atoms with Crippen molar-refractivity contribution in [1.82, 2.24) is 4.90 Å². The number of primary amides is 1. The lowest BCUT2D eigenvalue weighted by Crippen LogP contribution is -2.51. The largest absolute Gasteiger partial charge is 0.573 e. The predicted molar refractivity (Wildman–Crippen MR) is 104 cm³/mol. The minimum absolute atomic E-state index is 0.118. The van der Waals surface area contributed by atoms with E-state index in [0.29, 0.717) is 45.1 Å². The molecule has 1 aliphatic heterocycles. The average Bonchev–Trinajstić information content (AvgIpc) is 2.67. The SMILES string of the molecule is NC(=O)O[C@@H]1CCCN(C(=O)C(c2cccc(OC(F)(F)F)c2)C2(O)CCCCC2)C1. The molecule has 10 heteroatoms. The maximum atomic E-state index is 13.6. The van der Waals surface area contributed by atoms with Crippen LogP contribution in [0.15, 0.2) is 24.3 Å². The van der Waals surface area contributed by atoms with Crippen molar-refractivity contribution >= 4 is 12.0 Å². The van der Waals surface area contributed by atoms with Gasteiger partial charge in [0.1, 0.15) is 11.9 Å². The molecule has 3 rings (SSSR count). The normalized spacial score (nSPS) is 22.5. The first kappa shape index (κ1) is 23.2. The van der Waals surface area contributed by atoms with Crippen molar-refractivity contribution in [2.75, 3.05) is 13.1 Å². The van der Waals surface area contributed by atoms with Gasteiger partial charge in [-0.3, -0.25) is 4.79 Å². The number of amides is 2. The van der Waals surface area contributed by atoms with Crippen LogP contribution < -0.4 is 10.5 Å². The molecule has 1 aliphatic carbocycles. The topological polar surface area (TPSA) is 102 Å². The molecule has 3 N–H and O–H groups in total. The number of ether oxygens (including phenoxy) is 2. The molecular formula is C21H27F3N2O5. The molecule has 1 unspecified atom stereocenters. The zero-order chi connectivity index (χ0) is 22.6. The maximum Gasteiger partial charge on any atom is 0.573 e. The molecule has 2 aliphatic rings. The summed E-state index contributed by atoms with van der Waals surface area (Å²) in [7, 11) is 0. The Morgan fingerprint density at radius 1 is 1.19 bits per heavy atom. The number of likely N-dealkylation sites (tertiary alicyclic amines) is 1. The van der Waals surface area contributed by atoms with Gasteiger partial charge in [-0.15, -0.1) is 13.2 Å². The van der Waals surface area contributed by atoms with Crippen LogP contribution in [-0.4, -0.2) is 53.2 Å². The summed E-state index contributed by atoms with van der Waals surface area (Å²) < 4.78 is 47.2. The van der Waals surface area contributed by atoms with Crippen LogP contribution in [0.2, 0.25) is 0 Å². The van der Waals surface area contributed by atoms with Gasteiger partial charge in [-0.1, -0.05) is 31.4 Å². The summed E-state index contributed by atoms with van der Waals surface area (Å²) in [6.07, 6.45) is -2.16. The summed E-state index contributed by atoms with van der Waals surface area (Å²) in [6, 6.07) is 5.21. The van der Waals surface area contributed by atoms with E-state index in [9.17, 15) is 27.9 Å². The highest BCUT2D eigenvalue weighted by Crippen LogP contribution is 2.42. The van der Waals surface area contributed by atoms with Gasteiger partial charge < -0.3 is 25.2 Å². The second-order valence-electron chi connectivity index (χ2n) is 8.20. The number of benzene rings is 1. The molecule has 1 heterocycles. The van der Waals surface area contributed by atoms with Gasteiger partial charge in [-0.25, -0.2) is 4.79 Å². The molecule has 0 radical (unpaired) electrons. The number of nitrogens with two attached hydrogens (primary N) is 1. The fourth-order valence-electron chi connectivity index (χ4n) is 4.61. The molecule has 2 fully saturated rings. The number of carbonyl (C=O) groups is 2. The van der Waals surface area contributed by atoms with Gasteiger partial charge in [0.15, 0.2) is 0 Å². The Morgan fingerprint density at radius 2 is 1.90 bits per heavy atom. The second-order valence-corrected chi connectivity index (χ2v) is 8.20. The molecule has 7 nitrogen and oxygen atoms in total. The van der Waals surface area contributed by atoms with Gasteiger partial charge in [0.05, 0.1) is 18.1 Å². The first-order valence-corrected chi connectivity index (χ1v) is 10.4. The Balaban J connectivity index is 1.91. The Morgan fingerprint density at radius 3 is 2.55 bits per heavy atom. The fraction of sp³-hybridized carbons (Fsp3) is 0.619. The van der Waals surface area contributed by atoms with E-state index in [1.807, 2.05) is 0 Å². The first-order chi connectivity index (χ1) is 14.6. The van der Waals surface area contributed by atoms with E-state index in [-0.39, 0.29) is 12.1 Å². The van der Waals surface area contributed by atoms with E-state index in [0.717, 1.165) is 18.6 Å². The zero-order valence-corrected chi connectivity index (χ0v) is 17.1. The second kappa shape index (κ2) is 9.33. The Labute approximate surface area is 178 Å². The molecule has 2 amide bonds. The molecular weight excluding hydrogens is 417 g/mol. The zero-order valence-electron chi connectivity index (χ0n) is 17.1. The third-order valence-corrected chi connectivity index (χ3v) is 5.90. The molecule has 1 saturated carbocycles. The third-order valence-electron chi connectivity index (χ3n) is 5.90. The van der Waals surface area contributed by atoms with E-state index in [4.69, 9.17) is 10.5 Å². The molecule has 1 saturated heterocycles. The highest BCUT2D eigenvalue weighted by Gasteiger charge is 2.45. The molecule has 0 spiro atoms. The molecule has 2 atom stereocenters. The molecule has 31 heavy (non-hydrogen) atoms. The number of alkyl halides is 3. The average molecular weight is 444 g/mol. The Hall–Kier alpha value is -2.49. The lowest BCUT2D eigenvalue weighted by atomic mass is 9.72. The number of rotatable bonds is 5. The van der Waals surface area contributed by atoms with Crippen molar-refractivity contribution in [2.24, 2.45) is 5.73 Å². The van der Waals surface area contributed by atoms with Crippen molar-refractivity contribution in [2.45, 2.75) is 68.9 Å². The van der Waals surface area contributed by atoms with Gasteiger partial charge in [0, 0.05) is 6.54 Å².